The van der Waals surface area contributed by atoms with Crippen molar-refractivity contribution in [2.75, 3.05) is 18.5 Å². The number of anilines is 1. The van der Waals surface area contributed by atoms with Gasteiger partial charge in [-0.3, -0.25) is 9.59 Å². The second-order valence-corrected chi connectivity index (χ2v) is 11.7. The number of carbonyl (C=O) groups excluding carboxylic acids is 2. The summed E-state index contributed by atoms with van der Waals surface area (Å²) in [5, 5.41) is 3.01. The molecule has 176 valence electrons. The number of nitrogens with zero attached hydrogens (tertiary/aromatic N) is 2. The zero-order valence-electron chi connectivity index (χ0n) is 19.2. The molecule has 32 heavy (non-hydrogen) atoms. The van der Waals surface area contributed by atoms with Crippen molar-refractivity contribution in [2.24, 2.45) is 5.92 Å². The van der Waals surface area contributed by atoms with E-state index in [-0.39, 0.29) is 41.3 Å². The Morgan fingerprint density at radius 3 is 2.38 bits per heavy atom. The fraction of sp³-hybridized carbons (Fsp3) is 0.667. The Morgan fingerprint density at radius 2 is 1.75 bits per heavy atom. The molecule has 0 spiro atoms. The van der Waals surface area contributed by atoms with Crippen LogP contribution in [0.3, 0.4) is 0 Å². The van der Waals surface area contributed by atoms with Crippen molar-refractivity contribution in [1.82, 2.24) is 9.62 Å². The smallest absolute Gasteiger partial charge is 0.243 e. The largest absolute Gasteiger partial charge is 0.352 e. The number of amides is 2. The van der Waals surface area contributed by atoms with Gasteiger partial charge in [0.15, 0.2) is 0 Å². The third-order valence-corrected chi connectivity index (χ3v) is 9.05. The first-order valence-corrected chi connectivity index (χ1v) is 13.4. The highest BCUT2D eigenvalue weighted by Gasteiger charge is 2.37. The van der Waals surface area contributed by atoms with Gasteiger partial charge in [0.05, 0.1) is 11.4 Å². The highest BCUT2D eigenvalue weighted by atomic mass is 32.2. The summed E-state index contributed by atoms with van der Waals surface area (Å²) in [5.41, 5.74) is 1.70. The van der Waals surface area contributed by atoms with E-state index in [0.29, 0.717) is 6.42 Å². The Balaban J connectivity index is 1.44. The monoisotopic (exact) mass is 461 g/mol. The summed E-state index contributed by atoms with van der Waals surface area (Å²) < 4.78 is 27.4. The van der Waals surface area contributed by atoms with Gasteiger partial charge >= 0.3 is 0 Å². The third kappa shape index (κ3) is 4.71. The summed E-state index contributed by atoms with van der Waals surface area (Å²) in [5.74, 6) is 0.00496. The molecule has 1 N–H and O–H groups in total. The van der Waals surface area contributed by atoms with Crippen LogP contribution in [0.25, 0.3) is 0 Å². The predicted molar refractivity (Wildman–Crippen MR) is 124 cm³/mol. The minimum atomic E-state index is -3.80. The quantitative estimate of drug-likeness (QED) is 0.659. The van der Waals surface area contributed by atoms with E-state index in [2.05, 4.69) is 5.32 Å². The van der Waals surface area contributed by atoms with Crippen LogP contribution < -0.4 is 10.2 Å². The fourth-order valence-corrected chi connectivity index (χ4v) is 6.30. The minimum absolute atomic E-state index is 0.0270. The SMILES string of the molecule is CC1Cc2cc(S(=O)(=O)N(C)CC(=O)NC3CCCCCC3)ccc2N1C(=O)C1CCC1. The van der Waals surface area contributed by atoms with Gasteiger partial charge in [0, 0.05) is 30.7 Å². The maximum Gasteiger partial charge on any atom is 0.243 e. The molecule has 0 bridgehead atoms. The van der Waals surface area contributed by atoms with E-state index in [1.54, 1.807) is 18.2 Å². The molecule has 2 amide bonds. The number of rotatable bonds is 6. The van der Waals surface area contributed by atoms with Crippen LogP contribution in [-0.2, 0) is 26.0 Å². The van der Waals surface area contributed by atoms with Crippen molar-refractivity contribution in [1.29, 1.82) is 0 Å². The Labute approximate surface area is 191 Å². The van der Waals surface area contributed by atoms with E-state index in [4.69, 9.17) is 0 Å². The van der Waals surface area contributed by atoms with Crippen LogP contribution >= 0.6 is 0 Å². The molecular formula is C24H35N3O4S. The van der Waals surface area contributed by atoms with Crippen molar-refractivity contribution in [3.63, 3.8) is 0 Å². The third-order valence-electron chi connectivity index (χ3n) is 7.25. The van der Waals surface area contributed by atoms with Gasteiger partial charge in [0.1, 0.15) is 0 Å². The molecule has 0 aromatic heterocycles. The number of fused-ring (bicyclic) bond motifs is 1. The molecule has 2 fully saturated rings. The fourth-order valence-electron chi connectivity index (χ4n) is 5.12. The van der Waals surface area contributed by atoms with Gasteiger partial charge in [-0.2, -0.15) is 4.31 Å². The first kappa shape index (κ1) is 23.2. The topological polar surface area (TPSA) is 86.8 Å². The molecule has 4 rings (SSSR count). The molecule has 8 heteroatoms. The van der Waals surface area contributed by atoms with E-state index >= 15 is 0 Å². The Morgan fingerprint density at radius 1 is 1.06 bits per heavy atom. The molecule has 1 aromatic rings. The number of hydrogen-bond donors (Lipinski definition) is 1. The summed E-state index contributed by atoms with van der Waals surface area (Å²) in [7, 11) is -2.35. The first-order chi connectivity index (χ1) is 15.3. The number of benzene rings is 1. The maximum absolute atomic E-state index is 13.1. The van der Waals surface area contributed by atoms with E-state index in [1.807, 2.05) is 11.8 Å². The van der Waals surface area contributed by atoms with Crippen LogP contribution in [0.5, 0.6) is 0 Å². The molecule has 1 unspecified atom stereocenters. The van der Waals surface area contributed by atoms with Crippen LogP contribution in [0.15, 0.2) is 23.1 Å². The molecule has 0 radical (unpaired) electrons. The van der Waals surface area contributed by atoms with Crippen LogP contribution in [0.4, 0.5) is 5.69 Å². The molecule has 1 aliphatic heterocycles. The molecule has 1 atom stereocenters. The van der Waals surface area contributed by atoms with Crippen molar-refractivity contribution in [2.45, 2.75) is 88.1 Å². The lowest BCUT2D eigenvalue weighted by Gasteiger charge is -2.32. The lowest BCUT2D eigenvalue weighted by atomic mass is 9.84. The summed E-state index contributed by atoms with van der Waals surface area (Å²) in [4.78, 5) is 27.4. The van der Waals surface area contributed by atoms with Crippen molar-refractivity contribution in [3.05, 3.63) is 23.8 Å². The van der Waals surface area contributed by atoms with Gasteiger partial charge in [0.25, 0.3) is 0 Å². The average molecular weight is 462 g/mol. The van der Waals surface area contributed by atoms with E-state index in [9.17, 15) is 18.0 Å². The number of sulfonamides is 1. The average Bonchev–Trinajstić information content (AvgIpc) is 2.84. The second-order valence-electron chi connectivity index (χ2n) is 9.70. The van der Waals surface area contributed by atoms with Gasteiger partial charge < -0.3 is 10.2 Å². The lowest BCUT2D eigenvalue weighted by molar-refractivity contribution is -0.125. The highest BCUT2D eigenvalue weighted by Crippen LogP contribution is 2.38. The normalized spacial score (nSPS) is 22.3. The first-order valence-electron chi connectivity index (χ1n) is 12.0. The van der Waals surface area contributed by atoms with Crippen molar-refractivity contribution in [3.8, 4) is 0 Å². The summed E-state index contributed by atoms with van der Waals surface area (Å²) in [6.45, 7) is 1.81. The standard InChI is InChI=1S/C24H35N3O4S/c1-17-14-19-15-21(12-13-22(19)27(17)24(29)18-8-7-9-18)32(30,31)26(2)16-23(28)25-20-10-5-3-4-6-11-20/h12-13,15,17-18,20H,3-11,14,16H2,1-2H3,(H,25,28). The maximum atomic E-state index is 13.1. The molecule has 7 nitrogen and oxygen atoms in total. The van der Waals surface area contributed by atoms with Crippen molar-refractivity contribution >= 4 is 27.5 Å². The Kier molecular flexibility index (Phi) is 6.91. The number of hydrogen-bond acceptors (Lipinski definition) is 4. The zero-order chi connectivity index (χ0) is 22.9. The number of likely N-dealkylation sites (N-methyl/N-ethyl adjacent to an activating group) is 1. The molecule has 2 saturated carbocycles. The van der Waals surface area contributed by atoms with Gasteiger partial charge in [-0.25, -0.2) is 8.42 Å². The molecule has 1 aromatic carbocycles. The molecule has 3 aliphatic rings. The molecular weight excluding hydrogens is 426 g/mol. The van der Waals surface area contributed by atoms with Crippen LogP contribution in [0.1, 0.15) is 70.3 Å². The lowest BCUT2D eigenvalue weighted by Crippen LogP contribution is -2.42. The van der Waals surface area contributed by atoms with Gasteiger partial charge in [0.2, 0.25) is 21.8 Å². The summed E-state index contributed by atoms with van der Waals surface area (Å²) >= 11 is 0. The Bertz CT molecular complexity index is 965. The van der Waals surface area contributed by atoms with E-state index in [1.165, 1.54) is 19.9 Å². The summed E-state index contributed by atoms with van der Waals surface area (Å²) in [6.07, 6.45) is 10.1. The van der Waals surface area contributed by atoms with E-state index in [0.717, 1.165) is 60.5 Å². The van der Waals surface area contributed by atoms with Crippen molar-refractivity contribution < 1.29 is 18.0 Å². The number of nitrogens with one attached hydrogen (secondary N) is 1. The number of carbonyl (C=O) groups is 2. The van der Waals surface area contributed by atoms with Gasteiger partial charge in [-0.1, -0.05) is 32.1 Å². The van der Waals surface area contributed by atoms with Crippen LogP contribution in [0.2, 0.25) is 0 Å². The Hall–Kier alpha value is -1.93. The van der Waals surface area contributed by atoms with Crippen LogP contribution in [0, 0.1) is 5.92 Å². The van der Waals surface area contributed by atoms with Gasteiger partial charge in [-0.15, -0.1) is 0 Å². The van der Waals surface area contributed by atoms with E-state index < -0.39 is 10.0 Å². The van der Waals surface area contributed by atoms with Crippen LogP contribution in [-0.4, -0.2) is 50.2 Å². The second kappa shape index (κ2) is 9.51. The zero-order valence-corrected chi connectivity index (χ0v) is 20.0. The molecule has 0 saturated heterocycles. The van der Waals surface area contributed by atoms with Gasteiger partial charge in [-0.05, 0) is 62.8 Å². The molecule has 1 heterocycles. The molecule has 2 aliphatic carbocycles. The predicted octanol–water partition coefficient (Wildman–Crippen LogP) is 3.22. The highest BCUT2D eigenvalue weighted by molar-refractivity contribution is 7.89. The summed E-state index contributed by atoms with van der Waals surface area (Å²) in [6, 6.07) is 5.16. The minimum Gasteiger partial charge on any atom is -0.352 e.